The van der Waals surface area contributed by atoms with Crippen LogP contribution in [0.15, 0.2) is 23.5 Å². The lowest BCUT2D eigenvalue weighted by Gasteiger charge is -2.18. The molecule has 1 atom stereocenters. The lowest BCUT2D eigenvalue weighted by molar-refractivity contribution is -0.119. The molecular formula is C12H18N4O2. The molecule has 0 aliphatic carbocycles. The fraction of sp³-hybridized carbons (Fsp3) is 0.417. The van der Waals surface area contributed by atoms with Crippen LogP contribution in [0.3, 0.4) is 0 Å². The Bertz CT molecular complexity index is 440. The smallest absolute Gasteiger partial charge is 0.235 e. The summed E-state index contributed by atoms with van der Waals surface area (Å²) in [4.78, 5) is 16.1. The van der Waals surface area contributed by atoms with Crippen molar-refractivity contribution in [1.29, 1.82) is 0 Å². The molecule has 1 aromatic heterocycles. The van der Waals surface area contributed by atoms with Gasteiger partial charge in [-0.15, -0.1) is 0 Å². The number of nitrogens with one attached hydrogen (secondary N) is 1. The number of oxime groups is 1. The first-order chi connectivity index (χ1) is 8.45. The molecule has 0 aromatic carbocycles. The number of rotatable bonds is 4. The highest BCUT2D eigenvalue weighted by Crippen LogP contribution is 2.15. The third-order valence-electron chi connectivity index (χ3n) is 2.56. The maximum absolute atomic E-state index is 12.0. The average Bonchev–Trinajstić information content (AvgIpc) is 2.31. The van der Waals surface area contributed by atoms with E-state index in [1.165, 1.54) is 0 Å². The van der Waals surface area contributed by atoms with Crippen molar-refractivity contribution in [2.75, 3.05) is 5.32 Å². The number of carbonyl (C=O) groups is 1. The number of nitrogens with two attached hydrogens (primary N) is 1. The van der Waals surface area contributed by atoms with Gasteiger partial charge in [-0.3, -0.25) is 9.78 Å². The van der Waals surface area contributed by atoms with Gasteiger partial charge in [-0.25, -0.2) is 0 Å². The van der Waals surface area contributed by atoms with Crippen molar-refractivity contribution in [2.45, 2.75) is 20.8 Å². The Balaban J connectivity index is 2.82. The van der Waals surface area contributed by atoms with Crippen LogP contribution in [0.2, 0.25) is 0 Å². The summed E-state index contributed by atoms with van der Waals surface area (Å²) in [6, 6.07) is 3.55. The molecule has 6 nitrogen and oxygen atoms in total. The second-order valence-corrected chi connectivity index (χ2v) is 4.42. The number of pyridine rings is 1. The lowest BCUT2D eigenvalue weighted by Crippen LogP contribution is -2.38. The highest BCUT2D eigenvalue weighted by molar-refractivity contribution is 6.07. The van der Waals surface area contributed by atoms with Gasteiger partial charge in [0.25, 0.3) is 0 Å². The molecule has 98 valence electrons. The van der Waals surface area contributed by atoms with Crippen LogP contribution in [0.1, 0.15) is 19.5 Å². The zero-order chi connectivity index (χ0) is 13.7. The second-order valence-electron chi connectivity index (χ2n) is 4.42. The van der Waals surface area contributed by atoms with Crippen molar-refractivity contribution in [1.82, 2.24) is 4.98 Å². The summed E-state index contributed by atoms with van der Waals surface area (Å²) < 4.78 is 0. The Morgan fingerprint density at radius 1 is 1.50 bits per heavy atom. The molecule has 0 saturated heterocycles. The average molecular weight is 250 g/mol. The van der Waals surface area contributed by atoms with Crippen LogP contribution in [-0.2, 0) is 4.79 Å². The van der Waals surface area contributed by atoms with E-state index in [-0.39, 0.29) is 17.7 Å². The number of hydrogen-bond acceptors (Lipinski definition) is 4. The maximum Gasteiger partial charge on any atom is 0.235 e. The summed E-state index contributed by atoms with van der Waals surface area (Å²) in [5, 5.41) is 14.3. The number of amidine groups is 1. The van der Waals surface area contributed by atoms with Crippen molar-refractivity contribution in [3.63, 3.8) is 0 Å². The Labute approximate surface area is 106 Å². The van der Waals surface area contributed by atoms with E-state index in [4.69, 9.17) is 10.9 Å². The summed E-state index contributed by atoms with van der Waals surface area (Å²) in [6.45, 7) is 5.52. The highest BCUT2D eigenvalue weighted by atomic mass is 16.4. The van der Waals surface area contributed by atoms with E-state index in [1.54, 1.807) is 18.3 Å². The molecule has 0 aliphatic rings. The van der Waals surface area contributed by atoms with E-state index >= 15 is 0 Å². The first kappa shape index (κ1) is 14.0. The zero-order valence-corrected chi connectivity index (χ0v) is 10.7. The Hall–Kier alpha value is -2.11. The summed E-state index contributed by atoms with van der Waals surface area (Å²) in [6.07, 6.45) is 1.57. The molecule has 1 aromatic rings. The monoisotopic (exact) mass is 250 g/mol. The molecule has 4 N–H and O–H groups in total. The van der Waals surface area contributed by atoms with Crippen molar-refractivity contribution < 1.29 is 10.0 Å². The van der Waals surface area contributed by atoms with Gasteiger partial charge in [0.05, 0.1) is 11.9 Å². The van der Waals surface area contributed by atoms with E-state index in [1.807, 2.05) is 20.8 Å². The number of amides is 1. The van der Waals surface area contributed by atoms with Crippen molar-refractivity contribution in [3.05, 3.63) is 24.0 Å². The fourth-order valence-electron chi connectivity index (χ4n) is 1.60. The largest absolute Gasteiger partial charge is 0.409 e. The van der Waals surface area contributed by atoms with Gasteiger partial charge < -0.3 is 16.3 Å². The van der Waals surface area contributed by atoms with Crippen LogP contribution >= 0.6 is 0 Å². The van der Waals surface area contributed by atoms with Gasteiger partial charge in [0.1, 0.15) is 5.92 Å². The van der Waals surface area contributed by atoms with Crippen LogP contribution < -0.4 is 11.1 Å². The highest BCUT2D eigenvalue weighted by Gasteiger charge is 2.26. The van der Waals surface area contributed by atoms with E-state index in [2.05, 4.69) is 15.5 Å². The molecule has 1 amide bonds. The van der Waals surface area contributed by atoms with E-state index in [0.717, 1.165) is 5.69 Å². The lowest BCUT2D eigenvalue weighted by atomic mass is 9.94. The molecule has 0 saturated carbocycles. The number of hydrogen-bond donors (Lipinski definition) is 3. The second kappa shape index (κ2) is 6.00. The van der Waals surface area contributed by atoms with Gasteiger partial charge in [-0.2, -0.15) is 0 Å². The number of aryl methyl sites for hydroxylation is 1. The van der Waals surface area contributed by atoms with Gasteiger partial charge >= 0.3 is 0 Å². The third kappa shape index (κ3) is 3.44. The van der Waals surface area contributed by atoms with E-state index < -0.39 is 5.92 Å². The van der Waals surface area contributed by atoms with Crippen LogP contribution in [0.5, 0.6) is 0 Å². The predicted molar refractivity (Wildman–Crippen MR) is 69.3 cm³/mol. The maximum atomic E-state index is 12.0. The van der Waals surface area contributed by atoms with Crippen LogP contribution in [0.25, 0.3) is 0 Å². The van der Waals surface area contributed by atoms with Crippen LogP contribution in [0.4, 0.5) is 5.69 Å². The van der Waals surface area contributed by atoms with E-state index in [9.17, 15) is 4.79 Å². The van der Waals surface area contributed by atoms with Crippen molar-refractivity contribution in [3.8, 4) is 0 Å². The van der Waals surface area contributed by atoms with Crippen molar-refractivity contribution in [2.24, 2.45) is 22.7 Å². The Morgan fingerprint density at radius 2 is 2.17 bits per heavy atom. The summed E-state index contributed by atoms with van der Waals surface area (Å²) >= 11 is 0. The summed E-state index contributed by atoms with van der Waals surface area (Å²) in [7, 11) is 0. The standard InChI is InChI=1S/C12H18N4O2/c1-7(2)10(11(13)16-18)12(17)15-9-5-4-8(3)14-6-9/h4-7,10,18H,1-3H3,(H2,13,16)(H,15,17). The molecule has 0 fully saturated rings. The fourth-order valence-corrected chi connectivity index (χ4v) is 1.60. The minimum absolute atomic E-state index is 0.0701. The summed E-state index contributed by atoms with van der Waals surface area (Å²) in [5.41, 5.74) is 6.97. The SMILES string of the molecule is Cc1ccc(NC(=O)C(/C(N)=N/O)C(C)C)cn1. The molecule has 0 radical (unpaired) electrons. The first-order valence-corrected chi connectivity index (χ1v) is 5.66. The number of anilines is 1. The molecule has 0 spiro atoms. The van der Waals surface area contributed by atoms with Crippen LogP contribution in [0, 0.1) is 18.8 Å². The minimum Gasteiger partial charge on any atom is -0.409 e. The number of nitrogens with zero attached hydrogens (tertiary/aromatic N) is 2. The Kier molecular flexibility index (Phi) is 4.65. The van der Waals surface area contributed by atoms with Gasteiger partial charge in [0, 0.05) is 5.69 Å². The minimum atomic E-state index is -0.670. The molecule has 1 rings (SSSR count). The van der Waals surface area contributed by atoms with E-state index in [0.29, 0.717) is 5.69 Å². The predicted octanol–water partition coefficient (Wildman–Crippen LogP) is 1.35. The third-order valence-corrected chi connectivity index (χ3v) is 2.56. The quantitative estimate of drug-likeness (QED) is 0.325. The summed E-state index contributed by atoms with van der Waals surface area (Å²) in [5.74, 6) is -1.15. The zero-order valence-electron chi connectivity index (χ0n) is 10.7. The van der Waals surface area contributed by atoms with Gasteiger partial charge in [0.15, 0.2) is 5.84 Å². The molecular weight excluding hydrogens is 232 g/mol. The molecule has 1 heterocycles. The Morgan fingerprint density at radius 3 is 2.61 bits per heavy atom. The van der Waals surface area contributed by atoms with Gasteiger partial charge in [-0.1, -0.05) is 19.0 Å². The first-order valence-electron chi connectivity index (χ1n) is 5.66. The number of aromatic nitrogens is 1. The molecule has 0 bridgehead atoms. The van der Waals surface area contributed by atoms with Gasteiger partial charge in [-0.05, 0) is 25.0 Å². The molecule has 0 aliphatic heterocycles. The normalized spacial score (nSPS) is 13.4. The molecule has 6 heteroatoms. The van der Waals surface area contributed by atoms with Gasteiger partial charge in [0.2, 0.25) is 5.91 Å². The molecule has 1 unspecified atom stereocenters. The van der Waals surface area contributed by atoms with Crippen LogP contribution in [-0.4, -0.2) is 21.9 Å². The molecule has 18 heavy (non-hydrogen) atoms. The number of carbonyl (C=O) groups excluding carboxylic acids is 1. The topological polar surface area (TPSA) is 101 Å². The van der Waals surface area contributed by atoms with Crippen molar-refractivity contribution >= 4 is 17.4 Å².